The summed E-state index contributed by atoms with van der Waals surface area (Å²) in [5.74, 6) is -1.23. The Morgan fingerprint density at radius 1 is 1.33 bits per heavy atom. The van der Waals surface area contributed by atoms with Gasteiger partial charge < -0.3 is 21.1 Å². The van der Waals surface area contributed by atoms with Crippen molar-refractivity contribution < 1.29 is 19.1 Å². The highest BCUT2D eigenvalue weighted by atomic mass is 19.1. The number of rotatable bonds is 7. The van der Waals surface area contributed by atoms with Crippen molar-refractivity contribution in [3.8, 4) is 0 Å². The smallest absolute Gasteiger partial charge is 0.273 e. The molecule has 2 heterocycles. The lowest BCUT2D eigenvalue weighted by Gasteiger charge is -2.41. The average molecular weight is 420 g/mol. The Kier molecular flexibility index (Phi) is 6.42. The summed E-state index contributed by atoms with van der Waals surface area (Å²) in [6.07, 6.45) is 0.948. The number of hydrogen-bond acceptors (Lipinski definition) is 5. The minimum Gasteiger partial charge on any atom is -0.389 e. The molecule has 0 aliphatic carbocycles. The highest BCUT2D eigenvalue weighted by Crippen LogP contribution is 2.26. The number of nitrogens with two attached hydrogens (primary N) is 1. The lowest BCUT2D eigenvalue weighted by molar-refractivity contribution is -0.146. The summed E-state index contributed by atoms with van der Waals surface area (Å²) in [6, 6.07) is 3.72. The molecule has 8 nitrogen and oxygen atoms in total. The van der Waals surface area contributed by atoms with Gasteiger partial charge in [-0.25, -0.2) is 4.39 Å². The molecule has 1 fully saturated rings. The van der Waals surface area contributed by atoms with Crippen LogP contribution in [-0.4, -0.2) is 63.4 Å². The number of hydrogen-bond donors (Lipinski definition) is 3. The molecule has 1 aromatic heterocycles. The molecule has 1 aromatic carbocycles. The second-order valence-corrected chi connectivity index (χ2v) is 8.87. The Morgan fingerprint density at radius 2 is 2.03 bits per heavy atom. The summed E-state index contributed by atoms with van der Waals surface area (Å²) in [7, 11) is 0. The molecular weight excluding hydrogens is 389 g/mol. The Morgan fingerprint density at radius 3 is 2.63 bits per heavy atom. The summed E-state index contributed by atoms with van der Waals surface area (Å²) in [6.45, 7) is 7.04. The van der Waals surface area contributed by atoms with Crippen molar-refractivity contribution in [1.82, 2.24) is 20.0 Å². The zero-order chi connectivity index (χ0) is 22.1. The second-order valence-electron chi connectivity index (χ2n) is 8.87. The maximum absolute atomic E-state index is 14.5. The van der Waals surface area contributed by atoms with Crippen LogP contribution in [0.3, 0.4) is 0 Å². The van der Waals surface area contributed by atoms with E-state index in [4.69, 9.17) is 5.73 Å². The number of carbonyl (C=O) groups is 2. The van der Waals surface area contributed by atoms with E-state index in [0.717, 1.165) is 6.42 Å². The average Bonchev–Trinajstić information content (AvgIpc) is 3.02. The third-order valence-corrected chi connectivity index (χ3v) is 5.32. The standard InChI is InChI=1S/C21H30FN5O3/c1-21(2,3)18(20(30)26-11-13(28)12-26)24-19(29)16-14-7-6-8-15(22)17(14)27(25-16)10-5-4-9-23/h6-8,13,18,28H,4-5,9-12,23H2,1-3H3,(H,24,29). The van der Waals surface area contributed by atoms with Gasteiger partial charge in [0.2, 0.25) is 5.91 Å². The fraction of sp³-hybridized carbons (Fsp3) is 0.571. The lowest BCUT2D eigenvalue weighted by Crippen LogP contribution is -2.62. The summed E-state index contributed by atoms with van der Waals surface area (Å²) >= 11 is 0. The number of aromatic nitrogens is 2. The number of unbranched alkanes of at least 4 members (excludes halogenated alkanes) is 1. The first-order valence-corrected chi connectivity index (χ1v) is 10.3. The number of para-hydroxylation sites is 1. The molecule has 2 aromatic rings. The first kappa shape index (κ1) is 22.2. The molecule has 1 saturated heterocycles. The molecule has 9 heteroatoms. The van der Waals surface area contributed by atoms with Crippen LogP contribution in [0, 0.1) is 11.2 Å². The Hall–Kier alpha value is -2.52. The van der Waals surface area contributed by atoms with E-state index in [1.807, 2.05) is 20.8 Å². The van der Waals surface area contributed by atoms with Gasteiger partial charge in [-0.05, 0) is 30.9 Å². The van der Waals surface area contributed by atoms with Crippen molar-refractivity contribution >= 4 is 22.7 Å². The fourth-order valence-electron chi connectivity index (χ4n) is 3.59. The number of likely N-dealkylation sites (tertiary alicyclic amines) is 1. The van der Waals surface area contributed by atoms with E-state index < -0.39 is 29.3 Å². The largest absolute Gasteiger partial charge is 0.389 e. The molecule has 164 valence electrons. The van der Waals surface area contributed by atoms with E-state index >= 15 is 0 Å². The highest BCUT2D eigenvalue weighted by molar-refractivity contribution is 6.06. The molecule has 3 rings (SSSR count). The second kappa shape index (κ2) is 8.69. The number of aliphatic hydroxyl groups is 1. The number of nitrogens with one attached hydrogen (secondary N) is 1. The summed E-state index contributed by atoms with van der Waals surface area (Å²) < 4.78 is 16.0. The fourth-order valence-corrected chi connectivity index (χ4v) is 3.59. The topological polar surface area (TPSA) is 113 Å². The van der Waals surface area contributed by atoms with Crippen LogP contribution in [0.4, 0.5) is 4.39 Å². The molecule has 0 bridgehead atoms. The zero-order valence-electron chi connectivity index (χ0n) is 17.7. The van der Waals surface area contributed by atoms with Crippen LogP contribution in [-0.2, 0) is 11.3 Å². The van der Waals surface area contributed by atoms with E-state index in [-0.39, 0.29) is 30.2 Å². The van der Waals surface area contributed by atoms with E-state index in [9.17, 15) is 19.1 Å². The molecular formula is C21H30FN5O3. The van der Waals surface area contributed by atoms with E-state index in [1.54, 1.807) is 6.07 Å². The number of carbonyl (C=O) groups excluding carboxylic acids is 2. The van der Waals surface area contributed by atoms with Crippen molar-refractivity contribution in [3.05, 3.63) is 29.7 Å². The van der Waals surface area contributed by atoms with Crippen LogP contribution in [0.2, 0.25) is 0 Å². The molecule has 30 heavy (non-hydrogen) atoms. The molecule has 1 aliphatic heterocycles. The van der Waals surface area contributed by atoms with Gasteiger partial charge in [-0.1, -0.05) is 32.9 Å². The number of aryl methyl sites for hydroxylation is 1. The Balaban J connectivity index is 1.89. The van der Waals surface area contributed by atoms with Gasteiger partial charge in [-0.3, -0.25) is 14.3 Å². The molecule has 0 spiro atoms. The first-order valence-electron chi connectivity index (χ1n) is 10.3. The Labute approximate surface area is 175 Å². The lowest BCUT2D eigenvalue weighted by atomic mass is 9.85. The van der Waals surface area contributed by atoms with Crippen molar-refractivity contribution in [2.24, 2.45) is 11.1 Å². The van der Waals surface area contributed by atoms with Gasteiger partial charge in [-0.2, -0.15) is 5.10 Å². The van der Waals surface area contributed by atoms with Crippen LogP contribution in [0.1, 0.15) is 44.1 Å². The maximum Gasteiger partial charge on any atom is 0.273 e. The number of amides is 2. The number of nitrogens with zero attached hydrogens (tertiary/aromatic N) is 3. The van der Waals surface area contributed by atoms with Crippen molar-refractivity contribution in [1.29, 1.82) is 0 Å². The third kappa shape index (κ3) is 4.46. The van der Waals surface area contributed by atoms with Gasteiger partial charge in [0, 0.05) is 25.0 Å². The van der Waals surface area contributed by atoms with E-state index in [0.29, 0.717) is 24.9 Å². The van der Waals surface area contributed by atoms with Gasteiger partial charge in [0.1, 0.15) is 17.4 Å². The summed E-state index contributed by atoms with van der Waals surface area (Å²) in [5.41, 5.74) is 5.34. The van der Waals surface area contributed by atoms with Gasteiger partial charge in [0.15, 0.2) is 5.69 Å². The first-order chi connectivity index (χ1) is 14.1. The minimum atomic E-state index is -0.802. The Bertz CT molecular complexity index is 931. The van der Waals surface area contributed by atoms with Gasteiger partial charge in [-0.15, -0.1) is 0 Å². The number of aliphatic hydroxyl groups excluding tert-OH is 1. The molecule has 4 N–H and O–H groups in total. The molecule has 1 atom stereocenters. The molecule has 0 radical (unpaired) electrons. The molecule has 2 amide bonds. The quantitative estimate of drug-likeness (QED) is 0.585. The minimum absolute atomic E-state index is 0.0861. The number of β-amino-alcohol motifs (C(OH)–C–C–N with tert-alkyl or cyclic N) is 1. The van der Waals surface area contributed by atoms with Crippen LogP contribution in [0.5, 0.6) is 0 Å². The van der Waals surface area contributed by atoms with E-state index in [2.05, 4.69) is 10.4 Å². The van der Waals surface area contributed by atoms with Crippen LogP contribution in [0.25, 0.3) is 10.9 Å². The van der Waals surface area contributed by atoms with E-state index in [1.165, 1.54) is 21.7 Å². The van der Waals surface area contributed by atoms with Crippen LogP contribution in [0.15, 0.2) is 18.2 Å². The zero-order valence-corrected chi connectivity index (χ0v) is 17.7. The summed E-state index contributed by atoms with van der Waals surface area (Å²) in [5, 5.41) is 17.1. The van der Waals surface area contributed by atoms with Gasteiger partial charge in [0.25, 0.3) is 5.91 Å². The normalized spacial score (nSPS) is 15.9. The SMILES string of the molecule is CC(C)(C)C(NC(=O)c1nn(CCCCN)c2c(F)cccc12)C(=O)N1CC(O)C1. The van der Waals surface area contributed by atoms with Crippen LogP contribution >= 0.6 is 0 Å². The predicted molar refractivity (Wildman–Crippen MR) is 111 cm³/mol. The van der Waals surface area contributed by atoms with Gasteiger partial charge >= 0.3 is 0 Å². The highest BCUT2D eigenvalue weighted by Gasteiger charge is 2.40. The monoisotopic (exact) mass is 419 g/mol. The number of halogens is 1. The van der Waals surface area contributed by atoms with Gasteiger partial charge in [0.05, 0.1) is 6.10 Å². The van der Waals surface area contributed by atoms with Crippen LogP contribution < -0.4 is 11.1 Å². The van der Waals surface area contributed by atoms with Crippen molar-refractivity contribution in [2.45, 2.75) is 52.3 Å². The molecule has 1 aliphatic rings. The number of benzene rings is 1. The molecule has 0 saturated carbocycles. The van der Waals surface area contributed by atoms with Crippen molar-refractivity contribution in [3.63, 3.8) is 0 Å². The van der Waals surface area contributed by atoms with Crippen molar-refractivity contribution in [2.75, 3.05) is 19.6 Å². The number of fused-ring (bicyclic) bond motifs is 1. The molecule has 1 unspecified atom stereocenters. The summed E-state index contributed by atoms with van der Waals surface area (Å²) in [4.78, 5) is 27.5. The predicted octanol–water partition coefficient (Wildman–Crippen LogP) is 1.26. The maximum atomic E-state index is 14.5. The third-order valence-electron chi connectivity index (χ3n) is 5.32.